The molecule has 0 atom stereocenters. The van der Waals surface area contributed by atoms with Gasteiger partial charge in [-0.15, -0.1) is 13.2 Å². The number of carbonyl (C=O) groups is 2. The molecule has 1 aliphatic heterocycles. The average Bonchev–Trinajstić information content (AvgIpc) is 2.81. The molecule has 1 heterocycles. The van der Waals surface area contributed by atoms with Gasteiger partial charge < -0.3 is 4.74 Å². The SMILES string of the molecule is O=C1c2ccccc2C(=O)N1CC/C=C/c1cc(Br)cc(OC(F)(F)F)c1. The van der Waals surface area contributed by atoms with Gasteiger partial charge in [0.1, 0.15) is 5.75 Å². The van der Waals surface area contributed by atoms with Crippen molar-refractivity contribution >= 4 is 33.8 Å². The minimum atomic E-state index is -4.77. The summed E-state index contributed by atoms with van der Waals surface area (Å²) in [6, 6.07) is 10.7. The van der Waals surface area contributed by atoms with Gasteiger partial charge in [0.05, 0.1) is 11.1 Å². The van der Waals surface area contributed by atoms with Crippen molar-refractivity contribution < 1.29 is 27.5 Å². The first-order valence-electron chi connectivity index (χ1n) is 7.93. The summed E-state index contributed by atoms with van der Waals surface area (Å²) in [6.45, 7) is 0.183. The lowest BCUT2D eigenvalue weighted by molar-refractivity contribution is -0.274. The lowest BCUT2D eigenvalue weighted by Crippen LogP contribution is -2.30. The zero-order chi connectivity index (χ0) is 19.6. The first-order valence-corrected chi connectivity index (χ1v) is 8.72. The normalized spacial score (nSPS) is 14.1. The van der Waals surface area contributed by atoms with E-state index in [1.807, 2.05) is 0 Å². The van der Waals surface area contributed by atoms with Crippen molar-refractivity contribution in [3.05, 3.63) is 69.7 Å². The van der Waals surface area contributed by atoms with Crippen molar-refractivity contribution in [3.63, 3.8) is 0 Å². The van der Waals surface area contributed by atoms with Crippen LogP contribution in [0.4, 0.5) is 13.2 Å². The lowest BCUT2D eigenvalue weighted by atomic mass is 10.1. The maximum absolute atomic E-state index is 12.3. The van der Waals surface area contributed by atoms with Crippen LogP contribution < -0.4 is 4.74 Å². The number of alkyl halides is 3. The van der Waals surface area contributed by atoms with E-state index in [4.69, 9.17) is 0 Å². The van der Waals surface area contributed by atoms with E-state index in [0.717, 1.165) is 4.90 Å². The first kappa shape index (κ1) is 19.2. The number of nitrogens with zero attached hydrogens (tertiary/aromatic N) is 1. The number of carbonyl (C=O) groups excluding carboxylic acids is 2. The summed E-state index contributed by atoms with van der Waals surface area (Å²) in [4.78, 5) is 25.7. The maximum Gasteiger partial charge on any atom is 0.573 e. The average molecular weight is 440 g/mol. The summed E-state index contributed by atoms with van der Waals surface area (Å²) in [5.74, 6) is -1.02. The van der Waals surface area contributed by atoms with Crippen LogP contribution in [0, 0.1) is 0 Å². The third kappa shape index (κ3) is 4.57. The van der Waals surface area contributed by atoms with E-state index < -0.39 is 6.36 Å². The smallest absolute Gasteiger partial charge is 0.406 e. The highest BCUT2D eigenvalue weighted by Gasteiger charge is 2.34. The summed E-state index contributed by atoms with van der Waals surface area (Å²) in [6.07, 6.45) is -1.12. The van der Waals surface area contributed by atoms with Crippen LogP contribution in [0.2, 0.25) is 0 Å². The number of amides is 2. The molecule has 140 valence electrons. The minimum Gasteiger partial charge on any atom is -0.406 e. The molecule has 2 amide bonds. The van der Waals surface area contributed by atoms with Crippen LogP contribution in [0.15, 0.2) is 53.0 Å². The fourth-order valence-corrected chi connectivity index (χ4v) is 3.23. The van der Waals surface area contributed by atoms with Gasteiger partial charge in [-0.3, -0.25) is 14.5 Å². The molecule has 0 spiro atoms. The van der Waals surface area contributed by atoms with E-state index >= 15 is 0 Å². The Hall–Kier alpha value is -2.61. The minimum absolute atomic E-state index is 0.183. The monoisotopic (exact) mass is 439 g/mol. The molecule has 4 nitrogen and oxygen atoms in total. The number of imide groups is 1. The van der Waals surface area contributed by atoms with Crippen LogP contribution >= 0.6 is 15.9 Å². The van der Waals surface area contributed by atoms with Gasteiger partial charge >= 0.3 is 6.36 Å². The van der Waals surface area contributed by atoms with Crippen LogP contribution in [-0.2, 0) is 0 Å². The fraction of sp³-hybridized carbons (Fsp3) is 0.158. The summed E-state index contributed by atoms with van der Waals surface area (Å²) in [5, 5.41) is 0. The van der Waals surface area contributed by atoms with Gasteiger partial charge in [0.15, 0.2) is 0 Å². The van der Waals surface area contributed by atoms with Crippen LogP contribution in [0.25, 0.3) is 6.08 Å². The molecular weight excluding hydrogens is 427 g/mol. The molecule has 0 saturated carbocycles. The summed E-state index contributed by atoms with van der Waals surface area (Å²) in [7, 11) is 0. The Balaban J connectivity index is 1.64. The zero-order valence-electron chi connectivity index (χ0n) is 13.8. The highest BCUT2D eigenvalue weighted by Crippen LogP contribution is 2.28. The third-order valence-corrected chi connectivity index (χ3v) is 4.29. The van der Waals surface area contributed by atoms with Crippen molar-refractivity contribution in [2.45, 2.75) is 12.8 Å². The molecule has 0 aromatic heterocycles. The highest BCUT2D eigenvalue weighted by atomic mass is 79.9. The van der Waals surface area contributed by atoms with Crippen molar-refractivity contribution in [1.82, 2.24) is 4.90 Å². The van der Waals surface area contributed by atoms with Gasteiger partial charge in [-0.05, 0) is 42.3 Å². The molecule has 0 fully saturated rings. The van der Waals surface area contributed by atoms with Crippen LogP contribution in [0.1, 0.15) is 32.7 Å². The van der Waals surface area contributed by atoms with E-state index in [9.17, 15) is 22.8 Å². The van der Waals surface area contributed by atoms with Gasteiger partial charge in [-0.1, -0.05) is 40.2 Å². The maximum atomic E-state index is 12.3. The van der Waals surface area contributed by atoms with Gasteiger partial charge in [0.2, 0.25) is 0 Å². The van der Waals surface area contributed by atoms with Gasteiger partial charge in [0.25, 0.3) is 11.8 Å². The molecule has 1 aliphatic rings. The topological polar surface area (TPSA) is 46.6 Å². The van der Waals surface area contributed by atoms with Gasteiger partial charge in [0, 0.05) is 11.0 Å². The number of rotatable bonds is 5. The summed E-state index contributed by atoms with van der Waals surface area (Å²) in [5.41, 5.74) is 1.26. The molecule has 0 N–H and O–H groups in total. The van der Waals surface area contributed by atoms with E-state index in [2.05, 4.69) is 20.7 Å². The Labute approximate surface area is 161 Å². The second-order valence-corrected chi connectivity index (χ2v) is 6.68. The number of fused-ring (bicyclic) bond motifs is 1. The predicted octanol–water partition coefficient (Wildman–Crippen LogP) is 5.05. The fourth-order valence-electron chi connectivity index (χ4n) is 2.74. The van der Waals surface area contributed by atoms with Crippen molar-refractivity contribution in [2.75, 3.05) is 6.54 Å². The number of benzene rings is 2. The quantitative estimate of drug-likeness (QED) is 0.612. The molecule has 0 radical (unpaired) electrons. The molecule has 0 bridgehead atoms. The molecule has 27 heavy (non-hydrogen) atoms. The number of ether oxygens (including phenoxy) is 1. The molecule has 0 saturated heterocycles. The Kier molecular flexibility index (Phi) is 5.36. The standard InChI is InChI=1S/C19H13BrF3NO3/c20-13-9-12(10-14(11-13)27-19(21,22)23)5-3-4-8-24-17(25)15-6-1-2-7-16(15)18(24)26/h1-3,5-7,9-11H,4,8H2/b5-3+. The van der Waals surface area contributed by atoms with E-state index in [1.54, 1.807) is 42.5 Å². The summed E-state index contributed by atoms with van der Waals surface area (Å²) < 4.78 is 41.4. The number of halogens is 4. The first-order chi connectivity index (χ1) is 12.7. The third-order valence-electron chi connectivity index (χ3n) is 3.84. The molecule has 0 unspecified atom stereocenters. The predicted molar refractivity (Wildman–Crippen MR) is 96.3 cm³/mol. The Morgan fingerprint density at radius 1 is 1.04 bits per heavy atom. The molecule has 2 aromatic carbocycles. The molecular formula is C19H13BrF3NO3. The Bertz CT molecular complexity index is 890. The zero-order valence-corrected chi connectivity index (χ0v) is 15.4. The molecule has 2 aromatic rings. The number of hydrogen-bond acceptors (Lipinski definition) is 3. The lowest BCUT2D eigenvalue weighted by Gasteiger charge is -2.12. The van der Waals surface area contributed by atoms with Crippen molar-refractivity contribution in [3.8, 4) is 5.75 Å². The molecule has 3 rings (SSSR count). The summed E-state index contributed by atoms with van der Waals surface area (Å²) >= 11 is 3.14. The molecule has 0 aliphatic carbocycles. The Morgan fingerprint density at radius 2 is 1.67 bits per heavy atom. The van der Waals surface area contributed by atoms with E-state index in [-0.39, 0.29) is 24.1 Å². The van der Waals surface area contributed by atoms with E-state index in [1.165, 1.54) is 12.1 Å². The van der Waals surface area contributed by atoms with E-state index in [0.29, 0.717) is 27.6 Å². The second kappa shape index (κ2) is 7.56. The Morgan fingerprint density at radius 3 is 2.26 bits per heavy atom. The van der Waals surface area contributed by atoms with Crippen LogP contribution in [0.5, 0.6) is 5.75 Å². The van der Waals surface area contributed by atoms with Crippen LogP contribution in [-0.4, -0.2) is 29.6 Å². The van der Waals surface area contributed by atoms with Gasteiger partial charge in [-0.2, -0.15) is 0 Å². The largest absolute Gasteiger partial charge is 0.573 e. The van der Waals surface area contributed by atoms with Crippen molar-refractivity contribution in [2.24, 2.45) is 0 Å². The number of hydrogen-bond donors (Lipinski definition) is 0. The van der Waals surface area contributed by atoms with Gasteiger partial charge in [-0.25, -0.2) is 0 Å². The second-order valence-electron chi connectivity index (χ2n) is 5.77. The van der Waals surface area contributed by atoms with Crippen molar-refractivity contribution in [1.29, 1.82) is 0 Å². The highest BCUT2D eigenvalue weighted by molar-refractivity contribution is 9.10. The molecule has 8 heteroatoms. The van der Waals surface area contributed by atoms with Crippen LogP contribution in [0.3, 0.4) is 0 Å².